The Labute approximate surface area is 207 Å². The van der Waals surface area contributed by atoms with Crippen LogP contribution in [-0.4, -0.2) is 84.9 Å². The number of amides is 2. The van der Waals surface area contributed by atoms with E-state index in [0.717, 1.165) is 63.1 Å². The summed E-state index contributed by atoms with van der Waals surface area (Å²) in [6, 6.07) is 5.82. The van der Waals surface area contributed by atoms with Crippen molar-refractivity contribution in [3.8, 4) is 0 Å². The van der Waals surface area contributed by atoms with Crippen molar-refractivity contribution in [3.63, 3.8) is 0 Å². The van der Waals surface area contributed by atoms with E-state index in [2.05, 4.69) is 23.6 Å². The molecular weight excluding hydrogens is 444 g/mol. The van der Waals surface area contributed by atoms with E-state index >= 15 is 0 Å². The zero-order valence-electron chi connectivity index (χ0n) is 20.9. The van der Waals surface area contributed by atoms with Gasteiger partial charge in [-0.15, -0.1) is 0 Å². The zero-order chi connectivity index (χ0) is 24.7. The van der Waals surface area contributed by atoms with Crippen LogP contribution < -0.4 is 10.6 Å². The Morgan fingerprint density at radius 1 is 1.03 bits per heavy atom. The summed E-state index contributed by atoms with van der Waals surface area (Å²) in [4.78, 5) is 45.8. The Morgan fingerprint density at radius 2 is 1.74 bits per heavy atom. The summed E-state index contributed by atoms with van der Waals surface area (Å²) in [6.45, 7) is 8.80. The number of hydrogen-bond acceptors (Lipinski definition) is 6. The Kier molecular flexibility index (Phi) is 6.86. The lowest BCUT2D eigenvalue weighted by atomic mass is 9.80. The summed E-state index contributed by atoms with van der Waals surface area (Å²) >= 11 is 0. The minimum Gasteiger partial charge on any atom is -0.369 e. The van der Waals surface area contributed by atoms with Crippen LogP contribution in [0.5, 0.6) is 0 Å². The fraction of sp³-hybridized carbons (Fsp3) is 0.667. The van der Waals surface area contributed by atoms with Gasteiger partial charge in [0.1, 0.15) is 12.6 Å². The van der Waals surface area contributed by atoms with Crippen molar-refractivity contribution in [1.29, 1.82) is 0 Å². The second-order valence-corrected chi connectivity index (χ2v) is 10.9. The van der Waals surface area contributed by atoms with Gasteiger partial charge in [0.25, 0.3) is 0 Å². The predicted octanol–water partition coefficient (Wildman–Crippen LogP) is 2.16. The number of ketones is 1. The molecular formula is C27H38N4O4. The highest BCUT2D eigenvalue weighted by Gasteiger charge is 2.49. The number of rotatable bonds is 6. The number of ether oxygens (including phenoxy) is 1. The van der Waals surface area contributed by atoms with Crippen LogP contribution in [0.15, 0.2) is 18.2 Å². The molecule has 1 saturated carbocycles. The van der Waals surface area contributed by atoms with Crippen LogP contribution in [0.2, 0.25) is 0 Å². The van der Waals surface area contributed by atoms with Gasteiger partial charge < -0.3 is 20.3 Å². The van der Waals surface area contributed by atoms with E-state index in [9.17, 15) is 14.4 Å². The van der Waals surface area contributed by atoms with Crippen LogP contribution in [0, 0.1) is 5.92 Å². The Bertz CT molecular complexity index is 981. The number of piperazine rings is 1. The van der Waals surface area contributed by atoms with Crippen LogP contribution in [0.3, 0.4) is 0 Å². The second kappa shape index (κ2) is 9.90. The quantitative estimate of drug-likeness (QED) is 0.668. The van der Waals surface area contributed by atoms with Gasteiger partial charge in [-0.3, -0.25) is 19.3 Å². The highest BCUT2D eigenvalue weighted by atomic mass is 16.5. The average Bonchev–Trinajstić information content (AvgIpc) is 3.59. The number of likely N-dealkylation sites (tertiary alicyclic amines) is 1. The number of nitrogens with two attached hydrogens (primary N) is 1. The van der Waals surface area contributed by atoms with Gasteiger partial charge in [0.15, 0.2) is 5.78 Å². The normalized spacial score (nSPS) is 26.5. The van der Waals surface area contributed by atoms with Gasteiger partial charge >= 0.3 is 0 Å². The number of fused-ring (bicyclic) bond motifs is 1. The minimum atomic E-state index is -0.508. The maximum absolute atomic E-state index is 14.1. The smallest absolute Gasteiger partial charge is 0.249 e. The molecule has 0 unspecified atom stereocenters. The first-order valence-electron chi connectivity index (χ1n) is 13.2. The minimum absolute atomic E-state index is 0.0158. The van der Waals surface area contributed by atoms with Gasteiger partial charge in [-0.2, -0.15) is 0 Å². The zero-order valence-corrected chi connectivity index (χ0v) is 20.9. The Balaban J connectivity index is 1.49. The molecule has 0 radical (unpaired) electrons. The van der Waals surface area contributed by atoms with Crippen LogP contribution in [0.4, 0.5) is 5.69 Å². The van der Waals surface area contributed by atoms with E-state index in [1.807, 2.05) is 12.1 Å². The number of benzene rings is 1. The van der Waals surface area contributed by atoms with Crippen molar-refractivity contribution in [2.24, 2.45) is 11.7 Å². The van der Waals surface area contributed by atoms with Crippen LogP contribution in [0.1, 0.15) is 67.8 Å². The van der Waals surface area contributed by atoms with E-state index in [-0.39, 0.29) is 30.3 Å². The molecule has 8 nitrogen and oxygen atoms in total. The monoisotopic (exact) mass is 482 g/mol. The first-order chi connectivity index (χ1) is 16.8. The topological polar surface area (TPSA) is 96.2 Å². The van der Waals surface area contributed by atoms with Crippen LogP contribution in [0.25, 0.3) is 0 Å². The summed E-state index contributed by atoms with van der Waals surface area (Å²) in [5, 5.41) is 0. The van der Waals surface area contributed by atoms with Gasteiger partial charge in [0, 0.05) is 50.0 Å². The van der Waals surface area contributed by atoms with Crippen molar-refractivity contribution in [1.82, 2.24) is 9.80 Å². The molecule has 0 aromatic heterocycles. The van der Waals surface area contributed by atoms with E-state index in [4.69, 9.17) is 10.5 Å². The highest BCUT2D eigenvalue weighted by molar-refractivity contribution is 5.99. The molecule has 1 aromatic rings. The average molecular weight is 483 g/mol. The molecule has 8 heteroatoms. The molecule has 1 aromatic carbocycles. The summed E-state index contributed by atoms with van der Waals surface area (Å²) in [7, 11) is 0. The lowest BCUT2D eigenvalue weighted by Gasteiger charge is -2.38. The van der Waals surface area contributed by atoms with Gasteiger partial charge in [0.2, 0.25) is 11.8 Å². The molecule has 0 bridgehead atoms. The van der Waals surface area contributed by atoms with Gasteiger partial charge in [-0.05, 0) is 62.8 Å². The fourth-order valence-electron chi connectivity index (χ4n) is 6.62. The number of nitrogens with zero attached hydrogens (tertiary/aromatic N) is 3. The van der Waals surface area contributed by atoms with Crippen molar-refractivity contribution in [3.05, 3.63) is 29.3 Å². The lowest BCUT2D eigenvalue weighted by molar-refractivity contribution is -0.138. The van der Waals surface area contributed by atoms with E-state index in [1.54, 1.807) is 11.0 Å². The molecule has 2 amide bonds. The summed E-state index contributed by atoms with van der Waals surface area (Å²) < 4.78 is 5.64. The summed E-state index contributed by atoms with van der Waals surface area (Å²) in [5.74, 6) is -0.897. The SMILES string of the molecule is CC(C)N1CCN(c2ccc(C(N)=O)c([C@@H](C(=O)N3CC[C@H]4OCC(=O)[C@H]43)C3CCCC3)c2)CC1. The maximum Gasteiger partial charge on any atom is 0.249 e. The standard InChI is InChI=1S/C27H38N4O4/c1-17(2)29-11-13-30(14-12-29)19-7-8-20(26(28)33)21(15-19)24(18-5-3-4-6-18)27(34)31-10-9-23-25(31)22(32)16-35-23/h7-8,15,17-18,23-25H,3-6,9-14,16H2,1-2H3,(H2,28,33)/t23-,24+,25-/m1/s1. The first-order valence-corrected chi connectivity index (χ1v) is 13.2. The first kappa shape index (κ1) is 24.3. The van der Waals surface area contributed by atoms with Crippen molar-refractivity contribution >= 4 is 23.3 Å². The number of carbonyl (C=O) groups excluding carboxylic acids is 3. The second-order valence-electron chi connectivity index (χ2n) is 10.9. The lowest BCUT2D eigenvalue weighted by Crippen LogP contribution is -2.49. The third kappa shape index (κ3) is 4.58. The van der Waals surface area contributed by atoms with Crippen molar-refractivity contribution < 1.29 is 19.1 Å². The fourth-order valence-corrected chi connectivity index (χ4v) is 6.62. The van der Waals surface area contributed by atoms with Crippen molar-refractivity contribution in [2.45, 2.75) is 70.1 Å². The molecule has 3 saturated heterocycles. The van der Waals surface area contributed by atoms with Gasteiger partial charge in [-0.1, -0.05) is 12.8 Å². The van der Waals surface area contributed by atoms with Crippen LogP contribution >= 0.6 is 0 Å². The molecule has 3 atom stereocenters. The number of Topliss-reactive ketones (excluding diaryl/α,β-unsaturated/α-hetero) is 1. The molecule has 3 aliphatic heterocycles. The third-order valence-corrected chi connectivity index (χ3v) is 8.58. The summed E-state index contributed by atoms with van der Waals surface area (Å²) in [5.41, 5.74) is 8.02. The van der Waals surface area contributed by atoms with Crippen molar-refractivity contribution in [2.75, 3.05) is 44.2 Å². The molecule has 5 rings (SSSR count). The molecule has 0 spiro atoms. The summed E-state index contributed by atoms with van der Waals surface area (Å²) in [6.07, 6.45) is 4.52. The molecule has 35 heavy (non-hydrogen) atoms. The predicted molar refractivity (Wildman–Crippen MR) is 133 cm³/mol. The number of hydrogen-bond donors (Lipinski definition) is 1. The molecule has 190 valence electrons. The molecule has 4 aliphatic rings. The Hall–Kier alpha value is -2.45. The van der Waals surface area contributed by atoms with Gasteiger partial charge in [0.05, 0.1) is 12.0 Å². The highest BCUT2D eigenvalue weighted by Crippen LogP contribution is 2.42. The molecule has 4 fully saturated rings. The number of carbonyl (C=O) groups is 3. The van der Waals surface area contributed by atoms with E-state index in [1.165, 1.54) is 0 Å². The van der Waals surface area contributed by atoms with E-state index in [0.29, 0.717) is 24.6 Å². The Morgan fingerprint density at radius 3 is 2.40 bits per heavy atom. The van der Waals surface area contributed by atoms with E-state index < -0.39 is 17.9 Å². The molecule has 2 N–H and O–H groups in total. The number of anilines is 1. The largest absolute Gasteiger partial charge is 0.369 e. The third-order valence-electron chi connectivity index (χ3n) is 8.58. The number of primary amides is 1. The molecule has 3 heterocycles. The van der Waals surface area contributed by atoms with Gasteiger partial charge in [-0.25, -0.2) is 0 Å². The maximum atomic E-state index is 14.1. The van der Waals surface area contributed by atoms with Crippen LogP contribution in [-0.2, 0) is 14.3 Å². The molecule has 1 aliphatic carbocycles.